The van der Waals surface area contributed by atoms with E-state index >= 15 is 0 Å². The zero-order chi connectivity index (χ0) is 18.7. The van der Waals surface area contributed by atoms with Crippen molar-refractivity contribution in [3.05, 3.63) is 68.7 Å². The number of nitrogens with zero attached hydrogens (tertiary/aromatic N) is 3. The molecule has 0 fully saturated rings. The maximum atomic E-state index is 13.1. The fraction of sp³-hybridized carbons (Fsp3) is 0.176. The second-order valence-corrected chi connectivity index (χ2v) is 7.52. The third kappa shape index (κ3) is 4.62. The smallest absolute Gasteiger partial charge is 0.191 e. The Morgan fingerprint density at radius 3 is 2.58 bits per heavy atom. The number of hydrogen-bond acceptors (Lipinski definition) is 4. The summed E-state index contributed by atoms with van der Waals surface area (Å²) in [6.07, 6.45) is 0. The molecule has 0 amide bonds. The highest BCUT2D eigenvalue weighted by Gasteiger charge is 2.12. The van der Waals surface area contributed by atoms with Gasteiger partial charge in [0.2, 0.25) is 0 Å². The Bertz CT molecular complexity index is 936. The van der Waals surface area contributed by atoms with E-state index in [2.05, 4.69) is 10.2 Å². The van der Waals surface area contributed by atoms with Crippen LogP contribution in [0.2, 0.25) is 15.1 Å². The topological polar surface area (TPSA) is 39.9 Å². The van der Waals surface area contributed by atoms with Crippen molar-refractivity contribution < 1.29 is 9.13 Å². The Hall–Kier alpha value is -1.47. The molecule has 4 nitrogen and oxygen atoms in total. The number of benzene rings is 2. The number of aromatic nitrogens is 3. The molecule has 0 saturated heterocycles. The molecule has 0 unspecified atom stereocenters. The van der Waals surface area contributed by atoms with Crippen molar-refractivity contribution in [2.45, 2.75) is 17.5 Å². The molecule has 0 aliphatic carbocycles. The predicted octanol–water partition coefficient (Wildman–Crippen LogP) is 5.79. The van der Waals surface area contributed by atoms with Crippen LogP contribution in [0.3, 0.4) is 0 Å². The second-order valence-electron chi connectivity index (χ2n) is 5.36. The molecule has 0 bridgehead atoms. The van der Waals surface area contributed by atoms with Crippen LogP contribution in [-0.2, 0) is 19.4 Å². The predicted molar refractivity (Wildman–Crippen MR) is 103 cm³/mol. The molecule has 0 spiro atoms. The van der Waals surface area contributed by atoms with Crippen molar-refractivity contribution in [3.8, 4) is 5.75 Å². The summed E-state index contributed by atoms with van der Waals surface area (Å²) in [5.41, 5.74) is 1.03. The summed E-state index contributed by atoms with van der Waals surface area (Å²) in [7, 11) is 1.85. The Labute approximate surface area is 169 Å². The minimum atomic E-state index is -0.415. The number of halogens is 4. The van der Waals surface area contributed by atoms with Gasteiger partial charge < -0.3 is 9.30 Å². The summed E-state index contributed by atoms with van der Waals surface area (Å²) in [5, 5.41) is 10.3. The molecule has 1 heterocycles. The van der Waals surface area contributed by atoms with Gasteiger partial charge in [0.05, 0.1) is 15.1 Å². The Balaban J connectivity index is 1.63. The molecule has 9 heteroatoms. The van der Waals surface area contributed by atoms with Crippen molar-refractivity contribution in [2.24, 2.45) is 7.05 Å². The van der Waals surface area contributed by atoms with Crippen LogP contribution < -0.4 is 4.74 Å². The fourth-order valence-electron chi connectivity index (χ4n) is 2.11. The van der Waals surface area contributed by atoms with Crippen LogP contribution in [0.25, 0.3) is 0 Å². The Morgan fingerprint density at radius 2 is 1.85 bits per heavy atom. The Morgan fingerprint density at radius 1 is 1.04 bits per heavy atom. The minimum Gasteiger partial charge on any atom is -0.484 e. The standard InChI is InChI=1S/C17H13Cl3FN3OS/c1-24-16(8-25-15-5-3-11(21)7-14(15)20)22-23-17(24)26-9-10-2-4-12(18)13(19)6-10/h2-7H,8-9H2,1H3. The van der Waals surface area contributed by atoms with Gasteiger partial charge in [-0.3, -0.25) is 0 Å². The second kappa shape index (κ2) is 8.48. The average Bonchev–Trinajstić information content (AvgIpc) is 2.95. The lowest BCUT2D eigenvalue weighted by Crippen LogP contribution is -2.04. The van der Waals surface area contributed by atoms with Crippen molar-refractivity contribution in [1.82, 2.24) is 14.8 Å². The highest BCUT2D eigenvalue weighted by atomic mass is 35.5. The van der Waals surface area contributed by atoms with Gasteiger partial charge in [-0.1, -0.05) is 52.6 Å². The molecule has 26 heavy (non-hydrogen) atoms. The highest BCUT2D eigenvalue weighted by Crippen LogP contribution is 2.28. The number of hydrogen-bond donors (Lipinski definition) is 0. The van der Waals surface area contributed by atoms with Gasteiger partial charge in [0.1, 0.15) is 18.2 Å². The monoisotopic (exact) mass is 431 g/mol. The molecule has 0 aliphatic heterocycles. The van der Waals surface area contributed by atoms with Gasteiger partial charge in [-0.15, -0.1) is 10.2 Å². The summed E-state index contributed by atoms with van der Waals surface area (Å²) in [6, 6.07) is 9.48. The lowest BCUT2D eigenvalue weighted by molar-refractivity contribution is 0.290. The van der Waals surface area contributed by atoms with Crippen molar-refractivity contribution in [3.63, 3.8) is 0 Å². The molecule has 0 atom stereocenters. The normalized spacial score (nSPS) is 11.0. The van der Waals surface area contributed by atoms with E-state index in [0.717, 1.165) is 10.7 Å². The summed E-state index contributed by atoms with van der Waals surface area (Å²) >= 11 is 19.4. The van der Waals surface area contributed by atoms with Gasteiger partial charge >= 0.3 is 0 Å². The first kappa shape index (κ1) is 19.3. The molecule has 0 aliphatic rings. The van der Waals surface area contributed by atoms with E-state index in [1.165, 1.54) is 30.0 Å². The minimum absolute atomic E-state index is 0.169. The van der Waals surface area contributed by atoms with Crippen LogP contribution in [0.4, 0.5) is 4.39 Å². The molecule has 3 rings (SSSR count). The van der Waals surface area contributed by atoms with Gasteiger partial charge in [-0.05, 0) is 35.9 Å². The van der Waals surface area contributed by atoms with E-state index in [1.54, 1.807) is 6.07 Å². The van der Waals surface area contributed by atoms with Crippen LogP contribution >= 0.6 is 46.6 Å². The zero-order valence-electron chi connectivity index (χ0n) is 13.5. The van der Waals surface area contributed by atoms with Crippen LogP contribution in [0.5, 0.6) is 5.75 Å². The summed E-state index contributed by atoms with van der Waals surface area (Å²) in [4.78, 5) is 0. The molecular weight excluding hydrogens is 420 g/mol. The van der Waals surface area contributed by atoms with Crippen molar-refractivity contribution >= 4 is 46.6 Å². The highest BCUT2D eigenvalue weighted by molar-refractivity contribution is 7.98. The zero-order valence-corrected chi connectivity index (χ0v) is 16.6. The quantitative estimate of drug-likeness (QED) is 0.463. The third-order valence-corrected chi connectivity index (χ3v) is 5.65. The lowest BCUT2D eigenvalue weighted by Gasteiger charge is -2.08. The SMILES string of the molecule is Cn1c(COc2ccc(F)cc2Cl)nnc1SCc1ccc(Cl)c(Cl)c1. The molecule has 136 valence electrons. The maximum Gasteiger partial charge on any atom is 0.191 e. The third-order valence-electron chi connectivity index (χ3n) is 3.53. The van der Waals surface area contributed by atoms with Crippen molar-refractivity contribution in [1.29, 1.82) is 0 Å². The molecule has 0 radical (unpaired) electrons. The lowest BCUT2D eigenvalue weighted by atomic mass is 10.2. The summed E-state index contributed by atoms with van der Waals surface area (Å²) < 4.78 is 20.5. The van der Waals surface area contributed by atoms with Crippen LogP contribution in [0, 0.1) is 5.82 Å². The van der Waals surface area contributed by atoms with Gasteiger partial charge in [-0.2, -0.15) is 0 Å². The Kier molecular flexibility index (Phi) is 6.29. The molecule has 1 aromatic heterocycles. The van der Waals surface area contributed by atoms with E-state index in [1.807, 2.05) is 23.7 Å². The van der Waals surface area contributed by atoms with E-state index in [9.17, 15) is 4.39 Å². The number of thioether (sulfide) groups is 1. The molecule has 0 saturated carbocycles. The summed E-state index contributed by atoms with van der Waals surface area (Å²) in [6.45, 7) is 0.169. The largest absolute Gasteiger partial charge is 0.484 e. The fourth-order valence-corrected chi connectivity index (χ4v) is 3.52. The van der Waals surface area contributed by atoms with Gasteiger partial charge in [0.25, 0.3) is 0 Å². The van der Waals surface area contributed by atoms with E-state index in [0.29, 0.717) is 27.4 Å². The first-order valence-corrected chi connectivity index (χ1v) is 9.59. The maximum absolute atomic E-state index is 13.1. The average molecular weight is 433 g/mol. The van der Waals surface area contributed by atoms with E-state index < -0.39 is 5.82 Å². The number of ether oxygens (including phenoxy) is 1. The van der Waals surface area contributed by atoms with Gasteiger partial charge in [-0.25, -0.2) is 4.39 Å². The van der Waals surface area contributed by atoms with Crippen LogP contribution in [0.1, 0.15) is 11.4 Å². The van der Waals surface area contributed by atoms with E-state index in [4.69, 9.17) is 39.5 Å². The number of rotatable bonds is 6. The van der Waals surface area contributed by atoms with E-state index in [-0.39, 0.29) is 11.6 Å². The van der Waals surface area contributed by atoms with Crippen LogP contribution in [0.15, 0.2) is 41.6 Å². The molecule has 0 N–H and O–H groups in total. The first-order chi connectivity index (χ1) is 12.4. The van der Waals surface area contributed by atoms with Gasteiger partial charge in [0, 0.05) is 12.8 Å². The summed E-state index contributed by atoms with van der Waals surface area (Å²) in [5.74, 6) is 1.28. The first-order valence-electron chi connectivity index (χ1n) is 7.47. The van der Waals surface area contributed by atoms with Crippen LogP contribution in [-0.4, -0.2) is 14.8 Å². The van der Waals surface area contributed by atoms with Crippen molar-refractivity contribution in [2.75, 3.05) is 0 Å². The molecular formula is C17H13Cl3FN3OS. The molecule has 2 aromatic carbocycles. The molecule has 3 aromatic rings. The van der Waals surface area contributed by atoms with Gasteiger partial charge in [0.15, 0.2) is 11.0 Å².